The summed E-state index contributed by atoms with van der Waals surface area (Å²) in [7, 11) is -3.72. The lowest BCUT2D eigenvalue weighted by atomic mass is 9.96. The highest BCUT2D eigenvalue weighted by atomic mass is 32.2. The van der Waals surface area contributed by atoms with E-state index in [1.54, 1.807) is 6.07 Å². The first-order chi connectivity index (χ1) is 14.4. The summed E-state index contributed by atoms with van der Waals surface area (Å²) in [6.45, 7) is 0.300. The van der Waals surface area contributed by atoms with Gasteiger partial charge in [0.1, 0.15) is 11.9 Å². The van der Waals surface area contributed by atoms with Crippen molar-refractivity contribution in [2.75, 3.05) is 13.1 Å². The van der Waals surface area contributed by atoms with E-state index in [2.05, 4.69) is 5.32 Å². The zero-order chi connectivity index (χ0) is 21.7. The molecule has 0 aromatic heterocycles. The molecule has 1 heterocycles. The molecular formula is C21H19FN4O3S. The molecule has 154 valence electrons. The van der Waals surface area contributed by atoms with E-state index >= 15 is 0 Å². The van der Waals surface area contributed by atoms with Crippen LogP contribution in [0.15, 0.2) is 53.4 Å². The number of piperidine rings is 1. The van der Waals surface area contributed by atoms with E-state index in [-0.39, 0.29) is 36.4 Å². The molecule has 1 aliphatic rings. The van der Waals surface area contributed by atoms with E-state index in [1.165, 1.54) is 46.8 Å². The van der Waals surface area contributed by atoms with Crippen LogP contribution in [0.3, 0.4) is 0 Å². The quantitative estimate of drug-likeness (QED) is 0.789. The number of carbonyl (C=O) groups is 1. The maximum atomic E-state index is 13.9. The fraction of sp³-hybridized carbons (Fsp3) is 0.286. The molecule has 1 unspecified atom stereocenters. The summed E-state index contributed by atoms with van der Waals surface area (Å²) in [5.74, 6) is -1.45. The lowest BCUT2D eigenvalue weighted by Gasteiger charge is -2.31. The predicted octanol–water partition coefficient (Wildman–Crippen LogP) is 2.48. The van der Waals surface area contributed by atoms with Crippen LogP contribution in [0, 0.1) is 34.4 Å². The molecule has 0 saturated carbocycles. The Labute approximate surface area is 174 Å². The largest absolute Gasteiger partial charge is 0.336 e. The Morgan fingerprint density at radius 3 is 2.30 bits per heavy atom. The molecule has 1 saturated heterocycles. The first-order valence-electron chi connectivity index (χ1n) is 9.31. The zero-order valence-electron chi connectivity index (χ0n) is 16.0. The second kappa shape index (κ2) is 9.04. The number of rotatable bonds is 5. The van der Waals surface area contributed by atoms with E-state index < -0.39 is 33.7 Å². The van der Waals surface area contributed by atoms with E-state index in [1.807, 2.05) is 12.1 Å². The minimum atomic E-state index is -3.72. The molecule has 0 spiro atoms. The van der Waals surface area contributed by atoms with E-state index in [0.717, 1.165) is 0 Å². The third kappa shape index (κ3) is 4.48. The predicted molar refractivity (Wildman–Crippen MR) is 106 cm³/mol. The van der Waals surface area contributed by atoms with Gasteiger partial charge in [-0.15, -0.1) is 0 Å². The highest BCUT2D eigenvalue weighted by Gasteiger charge is 2.33. The molecule has 7 nitrogen and oxygen atoms in total. The summed E-state index contributed by atoms with van der Waals surface area (Å²) in [5, 5.41) is 20.7. The van der Waals surface area contributed by atoms with Crippen molar-refractivity contribution in [2.24, 2.45) is 5.92 Å². The van der Waals surface area contributed by atoms with E-state index in [9.17, 15) is 22.9 Å². The summed E-state index contributed by atoms with van der Waals surface area (Å²) >= 11 is 0. The van der Waals surface area contributed by atoms with Crippen molar-refractivity contribution in [1.82, 2.24) is 9.62 Å². The highest BCUT2D eigenvalue weighted by molar-refractivity contribution is 7.89. The number of halogens is 1. The monoisotopic (exact) mass is 426 g/mol. The number of nitriles is 2. The van der Waals surface area contributed by atoms with Crippen molar-refractivity contribution in [3.8, 4) is 12.1 Å². The molecule has 1 amide bonds. The van der Waals surface area contributed by atoms with Crippen LogP contribution < -0.4 is 5.32 Å². The number of sulfonamides is 1. The van der Waals surface area contributed by atoms with Gasteiger partial charge in [-0.05, 0) is 43.2 Å². The average molecular weight is 426 g/mol. The topological polar surface area (TPSA) is 114 Å². The van der Waals surface area contributed by atoms with Gasteiger partial charge < -0.3 is 5.32 Å². The van der Waals surface area contributed by atoms with Gasteiger partial charge in [-0.3, -0.25) is 4.79 Å². The first kappa shape index (κ1) is 21.4. The Hall–Kier alpha value is -3.27. The number of nitrogens with zero attached hydrogens (tertiary/aromatic N) is 3. The average Bonchev–Trinajstić information content (AvgIpc) is 2.78. The van der Waals surface area contributed by atoms with Gasteiger partial charge in [0.05, 0.1) is 22.6 Å². The maximum absolute atomic E-state index is 13.9. The third-order valence-corrected chi connectivity index (χ3v) is 6.99. The smallest absolute Gasteiger partial charge is 0.243 e. The van der Waals surface area contributed by atoms with Gasteiger partial charge in [0.2, 0.25) is 15.9 Å². The summed E-state index contributed by atoms with van der Waals surface area (Å²) < 4.78 is 40.8. The second-order valence-corrected chi connectivity index (χ2v) is 8.84. The van der Waals surface area contributed by atoms with Crippen LogP contribution in [0.5, 0.6) is 0 Å². The van der Waals surface area contributed by atoms with Gasteiger partial charge in [0.15, 0.2) is 0 Å². The minimum absolute atomic E-state index is 0.0912. The van der Waals surface area contributed by atoms with Gasteiger partial charge in [0.25, 0.3) is 0 Å². The Morgan fingerprint density at radius 2 is 1.73 bits per heavy atom. The standard InChI is InChI=1S/C21H19FN4O3S/c22-19-4-2-1-3-18(19)20(14-24)25-21(27)16-9-11-26(12-10-16)30(28,29)17-7-5-15(13-23)6-8-17/h1-8,16,20H,9-12H2,(H,25,27). The third-order valence-electron chi connectivity index (χ3n) is 5.08. The molecule has 2 aromatic rings. The van der Waals surface area contributed by atoms with E-state index in [0.29, 0.717) is 5.56 Å². The van der Waals surface area contributed by atoms with Crippen LogP contribution in [-0.4, -0.2) is 31.7 Å². The van der Waals surface area contributed by atoms with Crippen molar-refractivity contribution in [3.05, 3.63) is 65.5 Å². The van der Waals surface area contributed by atoms with Crippen molar-refractivity contribution in [3.63, 3.8) is 0 Å². The van der Waals surface area contributed by atoms with Crippen LogP contribution in [0.2, 0.25) is 0 Å². The number of hydrogen-bond donors (Lipinski definition) is 1. The fourth-order valence-electron chi connectivity index (χ4n) is 3.36. The minimum Gasteiger partial charge on any atom is -0.336 e. The molecule has 30 heavy (non-hydrogen) atoms. The van der Waals surface area contributed by atoms with Crippen LogP contribution in [-0.2, 0) is 14.8 Å². The number of benzene rings is 2. The molecule has 9 heteroatoms. The van der Waals surface area contributed by atoms with Crippen molar-refractivity contribution < 1.29 is 17.6 Å². The summed E-state index contributed by atoms with van der Waals surface area (Å²) in [4.78, 5) is 12.7. The summed E-state index contributed by atoms with van der Waals surface area (Å²) in [5.41, 5.74) is 0.459. The first-order valence-corrected chi connectivity index (χ1v) is 10.8. The molecule has 2 aromatic carbocycles. The van der Waals surface area contributed by atoms with Crippen LogP contribution in [0.4, 0.5) is 4.39 Å². The lowest BCUT2D eigenvalue weighted by Crippen LogP contribution is -2.43. The van der Waals surface area contributed by atoms with Gasteiger partial charge in [-0.1, -0.05) is 18.2 Å². The van der Waals surface area contributed by atoms with Crippen molar-refractivity contribution >= 4 is 15.9 Å². The number of nitrogens with one attached hydrogen (secondary N) is 1. The van der Waals surface area contributed by atoms with Crippen LogP contribution >= 0.6 is 0 Å². The van der Waals surface area contributed by atoms with Crippen LogP contribution in [0.1, 0.15) is 30.0 Å². The Balaban J connectivity index is 1.63. The summed E-state index contributed by atoms with van der Waals surface area (Å²) in [6, 6.07) is 14.1. The van der Waals surface area contributed by atoms with E-state index in [4.69, 9.17) is 5.26 Å². The SMILES string of the molecule is N#Cc1ccc(S(=O)(=O)N2CCC(C(=O)NC(C#N)c3ccccc3F)CC2)cc1. The molecule has 1 aliphatic heterocycles. The normalized spacial score (nSPS) is 16.2. The molecule has 1 N–H and O–H groups in total. The highest BCUT2D eigenvalue weighted by Crippen LogP contribution is 2.25. The zero-order valence-corrected chi connectivity index (χ0v) is 16.8. The number of amides is 1. The van der Waals surface area contributed by atoms with Crippen molar-refractivity contribution in [1.29, 1.82) is 10.5 Å². The molecule has 1 atom stereocenters. The Morgan fingerprint density at radius 1 is 1.10 bits per heavy atom. The maximum Gasteiger partial charge on any atom is 0.243 e. The van der Waals surface area contributed by atoms with Gasteiger partial charge in [-0.2, -0.15) is 14.8 Å². The number of carbonyl (C=O) groups excluding carboxylic acids is 1. The van der Waals surface area contributed by atoms with Gasteiger partial charge in [-0.25, -0.2) is 12.8 Å². The van der Waals surface area contributed by atoms with Gasteiger partial charge in [0, 0.05) is 24.6 Å². The molecule has 3 rings (SSSR count). The number of hydrogen-bond acceptors (Lipinski definition) is 5. The lowest BCUT2D eigenvalue weighted by molar-refractivity contribution is -0.126. The van der Waals surface area contributed by atoms with Crippen molar-refractivity contribution in [2.45, 2.75) is 23.8 Å². The molecule has 0 bridgehead atoms. The van der Waals surface area contributed by atoms with Gasteiger partial charge >= 0.3 is 0 Å². The molecule has 0 radical (unpaired) electrons. The Bertz CT molecular complexity index is 1110. The molecule has 1 fully saturated rings. The summed E-state index contributed by atoms with van der Waals surface area (Å²) in [6.07, 6.45) is 0.577. The fourth-order valence-corrected chi connectivity index (χ4v) is 4.83. The second-order valence-electron chi connectivity index (χ2n) is 6.91. The molecule has 0 aliphatic carbocycles. The Kier molecular flexibility index (Phi) is 6.46. The molecular weight excluding hydrogens is 407 g/mol. The van der Waals surface area contributed by atoms with Crippen LogP contribution in [0.25, 0.3) is 0 Å².